The van der Waals surface area contributed by atoms with Crippen molar-refractivity contribution in [1.82, 2.24) is 5.32 Å². The molecule has 3 nitrogen and oxygen atoms in total. The van der Waals surface area contributed by atoms with Crippen molar-refractivity contribution in [2.45, 2.75) is 33.1 Å². The molecule has 1 aromatic rings. The van der Waals surface area contributed by atoms with Crippen molar-refractivity contribution < 1.29 is 22.7 Å². The molecule has 0 spiro atoms. The highest BCUT2D eigenvalue weighted by atomic mass is 79.9. The molecule has 0 aliphatic carbocycles. The van der Waals surface area contributed by atoms with Crippen molar-refractivity contribution in [3.63, 3.8) is 0 Å². The number of ether oxygens (including phenoxy) is 1. The van der Waals surface area contributed by atoms with Gasteiger partial charge in [-0.1, -0.05) is 36.7 Å². The van der Waals surface area contributed by atoms with Crippen LogP contribution < -0.4 is 5.32 Å². The Morgan fingerprint density at radius 1 is 1.29 bits per heavy atom. The van der Waals surface area contributed by atoms with E-state index in [4.69, 9.17) is 4.74 Å². The van der Waals surface area contributed by atoms with Crippen molar-refractivity contribution in [2.75, 3.05) is 6.54 Å². The molecule has 1 amide bonds. The van der Waals surface area contributed by atoms with Gasteiger partial charge in [0, 0.05) is 4.47 Å². The number of rotatable bonds is 1. The predicted molar refractivity (Wildman–Crippen MR) is 76.9 cm³/mol. The van der Waals surface area contributed by atoms with E-state index in [9.17, 15) is 18.0 Å². The van der Waals surface area contributed by atoms with Crippen LogP contribution in [0.4, 0.5) is 18.0 Å². The number of cyclic esters (lactones) is 1. The summed E-state index contributed by atoms with van der Waals surface area (Å²) in [6.45, 7) is 6.67. The number of alkyl halides is 3. The summed E-state index contributed by atoms with van der Waals surface area (Å²) in [4.78, 5) is 10.8. The lowest BCUT2D eigenvalue weighted by Crippen LogP contribution is -2.12. The van der Waals surface area contributed by atoms with Crippen LogP contribution in [-0.4, -0.2) is 12.6 Å². The quantitative estimate of drug-likeness (QED) is 0.765. The fourth-order valence-electron chi connectivity index (χ4n) is 1.54. The van der Waals surface area contributed by atoms with E-state index in [0.717, 1.165) is 18.1 Å². The van der Waals surface area contributed by atoms with Crippen LogP contribution in [0.5, 0.6) is 0 Å². The molecular formula is C14H17BrF3NO2. The molecule has 0 aromatic heterocycles. The Bertz CT molecular complexity index is 501. The molecule has 0 radical (unpaired) electrons. The zero-order valence-corrected chi connectivity index (χ0v) is 13.5. The van der Waals surface area contributed by atoms with Crippen LogP contribution in [0.3, 0.4) is 0 Å². The van der Waals surface area contributed by atoms with Gasteiger partial charge in [-0.2, -0.15) is 13.2 Å². The van der Waals surface area contributed by atoms with E-state index >= 15 is 0 Å². The van der Waals surface area contributed by atoms with Crippen LogP contribution in [0.2, 0.25) is 0 Å². The Balaban J connectivity index is 0.000000491. The number of carbonyl (C=O) groups is 1. The largest absolute Gasteiger partial charge is 0.439 e. The van der Waals surface area contributed by atoms with Crippen molar-refractivity contribution >= 4 is 22.0 Å². The smallest absolute Gasteiger partial charge is 0.416 e. The van der Waals surface area contributed by atoms with Crippen molar-refractivity contribution in [2.24, 2.45) is 5.92 Å². The van der Waals surface area contributed by atoms with Gasteiger partial charge in [-0.25, -0.2) is 4.79 Å². The number of amides is 1. The van der Waals surface area contributed by atoms with Gasteiger partial charge in [0.2, 0.25) is 0 Å². The first-order valence-electron chi connectivity index (χ1n) is 6.41. The Morgan fingerprint density at radius 3 is 2.29 bits per heavy atom. The molecule has 0 bridgehead atoms. The van der Waals surface area contributed by atoms with Crippen LogP contribution in [0, 0.1) is 5.92 Å². The molecule has 1 aliphatic heterocycles. The second-order valence-corrected chi connectivity index (χ2v) is 6.19. The first kappa shape index (κ1) is 17.8. The minimum Gasteiger partial charge on any atom is -0.439 e. The SMILES string of the molecule is CC(C)C.O=C1NCC(c2cc(Br)cc(C(F)(F)F)c2)O1. The van der Waals surface area contributed by atoms with Gasteiger partial charge in [0.25, 0.3) is 0 Å². The van der Waals surface area contributed by atoms with Gasteiger partial charge < -0.3 is 10.1 Å². The number of halogens is 4. The average Bonchev–Trinajstić information content (AvgIpc) is 2.73. The van der Waals surface area contributed by atoms with Gasteiger partial charge in [-0.05, 0) is 29.7 Å². The van der Waals surface area contributed by atoms with Crippen LogP contribution >= 0.6 is 15.9 Å². The summed E-state index contributed by atoms with van der Waals surface area (Å²) >= 11 is 3.01. The van der Waals surface area contributed by atoms with Crippen LogP contribution in [0.15, 0.2) is 22.7 Å². The maximum absolute atomic E-state index is 12.6. The molecule has 7 heteroatoms. The predicted octanol–water partition coefficient (Wildman–Crippen LogP) is 4.91. The minimum atomic E-state index is -4.42. The summed E-state index contributed by atoms with van der Waals surface area (Å²) in [5.74, 6) is 0.833. The fraction of sp³-hybridized carbons (Fsp3) is 0.500. The molecule has 1 unspecified atom stereocenters. The zero-order chi connectivity index (χ0) is 16.2. The third-order valence-corrected chi connectivity index (χ3v) is 2.76. The lowest BCUT2D eigenvalue weighted by atomic mass is 10.1. The second-order valence-electron chi connectivity index (χ2n) is 5.28. The number of nitrogens with one attached hydrogen (secondary N) is 1. The standard InChI is InChI=1S/C10H7BrF3NO2.C4H10/c11-7-2-5(8-4-15-9(16)17-8)1-6(3-7)10(12,13)14;1-4(2)3/h1-3,8H,4H2,(H,15,16);4H,1-3H3. The molecule has 1 saturated heterocycles. The van der Waals surface area contributed by atoms with E-state index in [-0.39, 0.29) is 6.54 Å². The highest BCUT2D eigenvalue weighted by molar-refractivity contribution is 9.10. The third-order valence-electron chi connectivity index (χ3n) is 2.30. The molecule has 1 aliphatic rings. The lowest BCUT2D eigenvalue weighted by Gasteiger charge is -2.13. The van der Waals surface area contributed by atoms with E-state index < -0.39 is 23.9 Å². The first-order valence-corrected chi connectivity index (χ1v) is 7.21. The van der Waals surface area contributed by atoms with Gasteiger partial charge in [-0.3, -0.25) is 0 Å². The molecule has 1 atom stereocenters. The summed E-state index contributed by atoms with van der Waals surface area (Å²) in [5.41, 5.74) is -0.463. The monoisotopic (exact) mass is 367 g/mol. The Hall–Kier alpha value is -1.24. The van der Waals surface area contributed by atoms with Crippen LogP contribution in [0.25, 0.3) is 0 Å². The molecule has 118 valence electrons. The van der Waals surface area contributed by atoms with E-state index in [1.807, 2.05) is 0 Å². The van der Waals surface area contributed by atoms with Crippen molar-refractivity contribution in [3.05, 3.63) is 33.8 Å². The normalized spacial score (nSPS) is 17.9. The summed E-state index contributed by atoms with van der Waals surface area (Å²) < 4.78 is 42.8. The van der Waals surface area contributed by atoms with Gasteiger partial charge in [0.05, 0.1) is 12.1 Å². The summed E-state index contributed by atoms with van der Waals surface area (Å²) in [5, 5.41) is 2.39. The number of carbonyl (C=O) groups excluding carboxylic acids is 1. The Kier molecular flexibility index (Phi) is 6.07. The highest BCUT2D eigenvalue weighted by Gasteiger charge is 2.33. The van der Waals surface area contributed by atoms with Crippen LogP contribution in [0.1, 0.15) is 38.0 Å². The van der Waals surface area contributed by atoms with E-state index in [0.29, 0.717) is 10.0 Å². The molecule has 1 fully saturated rings. The maximum Gasteiger partial charge on any atom is 0.416 e. The number of alkyl carbamates (subject to hydrolysis) is 1. The topological polar surface area (TPSA) is 38.3 Å². The Labute approximate surface area is 130 Å². The second kappa shape index (κ2) is 7.15. The van der Waals surface area contributed by atoms with Crippen molar-refractivity contribution in [3.8, 4) is 0 Å². The van der Waals surface area contributed by atoms with Gasteiger partial charge >= 0.3 is 12.3 Å². The molecule has 1 heterocycles. The third kappa shape index (κ3) is 5.95. The first-order chi connectivity index (χ1) is 9.59. The van der Waals surface area contributed by atoms with E-state index in [1.165, 1.54) is 6.07 Å². The number of benzene rings is 1. The zero-order valence-electron chi connectivity index (χ0n) is 11.9. The molecule has 21 heavy (non-hydrogen) atoms. The fourth-order valence-corrected chi connectivity index (χ4v) is 2.05. The number of hydrogen-bond donors (Lipinski definition) is 1. The summed E-state index contributed by atoms with van der Waals surface area (Å²) in [6.07, 6.45) is -5.72. The molecule has 2 rings (SSSR count). The van der Waals surface area contributed by atoms with Gasteiger partial charge in [-0.15, -0.1) is 0 Å². The van der Waals surface area contributed by atoms with Gasteiger partial charge in [0.1, 0.15) is 6.10 Å². The summed E-state index contributed by atoms with van der Waals surface area (Å²) in [6, 6.07) is 3.46. The Morgan fingerprint density at radius 2 is 1.86 bits per heavy atom. The van der Waals surface area contributed by atoms with Crippen molar-refractivity contribution in [1.29, 1.82) is 0 Å². The maximum atomic E-state index is 12.6. The van der Waals surface area contributed by atoms with E-state index in [1.54, 1.807) is 0 Å². The molecule has 1 aromatic carbocycles. The summed E-state index contributed by atoms with van der Waals surface area (Å²) in [7, 11) is 0. The highest BCUT2D eigenvalue weighted by Crippen LogP contribution is 2.34. The number of hydrogen-bond acceptors (Lipinski definition) is 2. The minimum absolute atomic E-state index is 0.173. The average molecular weight is 368 g/mol. The molecular weight excluding hydrogens is 351 g/mol. The molecule has 1 N–H and O–H groups in total. The van der Waals surface area contributed by atoms with Crippen LogP contribution in [-0.2, 0) is 10.9 Å². The van der Waals surface area contributed by atoms with E-state index in [2.05, 4.69) is 42.0 Å². The lowest BCUT2D eigenvalue weighted by molar-refractivity contribution is -0.137. The van der Waals surface area contributed by atoms with Gasteiger partial charge in [0.15, 0.2) is 0 Å². The molecule has 0 saturated carbocycles.